The van der Waals surface area contributed by atoms with Gasteiger partial charge in [0.1, 0.15) is 0 Å². The summed E-state index contributed by atoms with van der Waals surface area (Å²) in [5.74, 6) is 1.14. The molecule has 0 aliphatic rings. The van der Waals surface area contributed by atoms with Crippen molar-refractivity contribution in [2.24, 2.45) is 0 Å². The van der Waals surface area contributed by atoms with Gasteiger partial charge < -0.3 is 0 Å². The van der Waals surface area contributed by atoms with Crippen LogP contribution in [-0.4, -0.2) is 5.75 Å². The first-order chi connectivity index (χ1) is 5.38. The second kappa shape index (κ2) is 4.45. The summed E-state index contributed by atoms with van der Waals surface area (Å²) >= 11 is 1.89. The molecule has 0 atom stereocenters. The van der Waals surface area contributed by atoms with Crippen molar-refractivity contribution in [3.05, 3.63) is 36.8 Å². The van der Waals surface area contributed by atoms with Gasteiger partial charge in [-0.1, -0.05) is 25.1 Å². The van der Waals surface area contributed by atoms with Crippen molar-refractivity contribution in [3.63, 3.8) is 0 Å². The third kappa shape index (κ3) is 2.26. The van der Waals surface area contributed by atoms with Crippen LogP contribution in [0.1, 0.15) is 12.5 Å². The van der Waals surface area contributed by atoms with Crippen molar-refractivity contribution in [2.75, 3.05) is 5.75 Å². The van der Waals surface area contributed by atoms with Gasteiger partial charge in [0.25, 0.3) is 0 Å². The summed E-state index contributed by atoms with van der Waals surface area (Å²) in [5, 5.41) is 0. The summed E-state index contributed by atoms with van der Waals surface area (Å²) in [7, 11) is 0. The van der Waals surface area contributed by atoms with Crippen LogP contribution in [0.15, 0.2) is 29.2 Å². The second-order valence-corrected chi connectivity index (χ2v) is 3.60. The average Bonchev–Trinajstić information content (AvgIpc) is 2.06. The van der Waals surface area contributed by atoms with E-state index in [0.29, 0.717) is 0 Å². The van der Waals surface area contributed by atoms with Crippen LogP contribution in [0.25, 0.3) is 0 Å². The highest BCUT2D eigenvalue weighted by atomic mass is 32.2. The highest BCUT2D eigenvalue weighted by Crippen LogP contribution is 2.21. The zero-order chi connectivity index (χ0) is 8.10. The largest absolute Gasteiger partial charge is 0.126 e. The molecular weight excluding hydrogens is 152 g/mol. The van der Waals surface area contributed by atoms with Crippen molar-refractivity contribution < 1.29 is 0 Å². The van der Waals surface area contributed by atoms with Gasteiger partial charge in [-0.2, -0.15) is 0 Å². The number of benzene rings is 1. The van der Waals surface area contributed by atoms with Crippen LogP contribution < -0.4 is 0 Å². The molecule has 0 aromatic heterocycles. The lowest BCUT2D eigenvalue weighted by molar-refractivity contribution is 1.18. The maximum absolute atomic E-state index is 3.89. The molecule has 0 amide bonds. The Morgan fingerprint density at radius 3 is 2.73 bits per heavy atom. The summed E-state index contributed by atoms with van der Waals surface area (Å²) in [6, 6.07) is 8.46. The maximum Gasteiger partial charge on any atom is 0.0104 e. The van der Waals surface area contributed by atoms with E-state index in [-0.39, 0.29) is 0 Å². The Kier molecular flexibility index (Phi) is 3.50. The summed E-state index contributed by atoms with van der Waals surface area (Å²) in [6.45, 7) is 6.06. The molecule has 0 heterocycles. The van der Waals surface area contributed by atoms with Gasteiger partial charge in [-0.05, 0) is 30.7 Å². The minimum absolute atomic E-state index is 0.892. The van der Waals surface area contributed by atoms with E-state index in [4.69, 9.17) is 0 Å². The van der Waals surface area contributed by atoms with Crippen LogP contribution >= 0.6 is 11.8 Å². The Morgan fingerprint density at radius 1 is 1.36 bits per heavy atom. The van der Waals surface area contributed by atoms with E-state index in [9.17, 15) is 0 Å². The predicted octanol–water partition coefficient (Wildman–Crippen LogP) is 3.18. The fraction of sp³-hybridized carbons (Fsp3) is 0.300. The van der Waals surface area contributed by atoms with Crippen LogP contribution in [0.3, 0.4) is 0 Å². The first kappa shape index (κ1) is 8.66. The van der Waals surface area contributed by atoms with Gasteiger partial charge in [0, 0.05) is 4.90 Å². The van der Waals surface area contributed by atoms with E-state index in [1.165, 1.54) is 10.5 Å². The molecule has 1 aromatic rings. The lowest BCUT2D eigenvalue weighted by Crippen LogP contribution is -1.84. The molecule has 0 unspecified atom stereocenters. The normalized spacial score (nSPS) is 10.0. The zero-order valence-electron chi connectivity index (χ0n) is 6.84. The van der Waals surface area contributed by atoms with Crippen LogP contribution in [-0.2, 0) is 6.42 Å². The van der Waals surface area contributed by atoms with E-state index in [1.54, 1.807) is 0 Å². The quantitative estimate of drug-likeness (QED) is 0.620. The van der Waals surface area contributed by atoms with Gasteiger partial charge in [-0.15, -0.1) is 11.8 Å². The summed E-state index contributed by atoms with van der Waals surface area (Å²) in [6.07, 6.45) is 0.892. The molecule has 0 saturated carbocycles. The third-order valence-electron chi connectivity index (χ3n) is 1.54. The molecule has 0 N–H and O–H groups in total. The van der Waals surface area contributed by atoms with Crippen LogP contribution in [0.5, 0.6) is 0 Å². The van der Waals surface area contributed by atoms with Crippen molar-refractivity contribution in [1.82, 2.24) is 0 Å². The number of thioether (sulfide) groups is 1. The maximum atomic E-state index is 3.89. The molecule has 0 spiro atoms. The number of hydrogen-bond donors (Lipinski definition) is 0. The Bertz CT molecular complexity index is 218. The van der Waals surface area contributed by atoms with Crippen molar-refractivity contribution in [1.29, 1.82) is 0 Å². The van der Waals surface area contributed by atoms with Gasteiger partial charge >= 0.3 is 0 Å². The van der Waals surface area contributed by atoms with E-state index in [1.807, 2.05) is 11.8 Å². The first-order valence-corrected chi connectivity index (χ1v) is 4.87. The molecule has 59 valence electrons. The van der Waals surface area contributed by atoms with E-state index in [0.717, 1.165) is 12.2 Å². The Morgan fingerprint density at radius 2 is 2.09 bits per heavy atom. The topological polar surface area (TPSA) is 0 Å². The first-order valence-electron chi connectivity index (χ1n) is 3.88. The smallest absolute Gasteiger partial charge is 0.0104 e. The SMILES string of the molecule is [CH2]Cc1ccccc1SCC. The number of hydrogen-bond acceptors (Lipinski definition) is 1. The third-order valence-corrected chi connectivity index (χ3v) is 2.54. The molecule has 1 heteroatoms. The lowest BCUT2D eigenvalue weighted by atomic mass is 10.2. The van der Waals surface area contributed by atoms with E-state index < -0.39 is 0 Å². The lowest BCUT2D eigenvalue weighted by Gasteiger charge is -2.03. The number of rotatable bonds is 3. The van der Waals surface area contributed by atoms with Gasteiger partial charge in [-0.3, -0.25) is 0 Å². The van der Waals surface area contributed by atoms with Gasteiger partial charge in [0.05, 0.1) is 0 Å². The van der Waals surface area contributed by atoms with Crippen LogP contribution in [0.2, 0.25) is 0 Å². The Labute approximate surface area is 73.0 Å². The summed E-state index contributed by atoms with van der Waals surface area (Å²) in [5.41, 5.74) is 1.36. The highest BCUT2D eigenvalue weighted by Gasteiger charge is 1.96. The van der Waals surface area contributed by atoms with Gasteiger partial charge in [0.15, 0.2) is 0 Å². The molecule has 0 fully saturated rings. The zero-order valence-corrected chi connectivity index (χ0v) is 7.66. The molecule has 1 radical (unpaired) electrons. The predicted molar refractivity (Wildman–Crippen MR) is 51.9 cm³/mol. The van der Waals surface area contributed by atoms with Crippen LogP contribution in [0, 0.1) is 6.92 Å². The molecule has 0 aliphatic carbocycles. The summed E-state index contributed by atoms with van der Waals surface area (Å²) < 4.78 is 0. The molecule has 0 nitrogen and oxygen atoms in total. The van der Waals surface area contributed by atoms with Crippen molar-refractivity contribution in [2.45, 2.75) is 18.2 Å². The standard InChI is InChI=1S/C10H13S/c1-3-9-7-5-6-8-10(9)11-4-2/h5-8H,1,3-4H2,2H3. The second-order valence-electron chi connectivity index (χ2n) is 2.29. The van der Waals surface area contributed by atoms with Gasteiger partial charge in [-0.25, -0.2) is 0 Å². The fourth-order valence-corrected chi connectivity index (χ4v) is 1.85. The molecular formula is C10H13S. The fourth-order valence-electron chi connectivity index (χ4n) is 1.01. The molecule has 0 aliphatic heterocycles. The van der Waals surface area contributed by atoms with Gasteiger partial charge in [0.2, 0.25) is 0 Å². The van der Waals surface area contributed by atoms with E-state index >= 15 is 0 Å². The Hall–Kier alpha value is -0.430. The Balaban J connectivity index is 2.83. The minimum Gasteiger partial charge on any atom is -0.126 e. The molecule has 0 bridgehead atoms. The molecule has 1 aromatic carbocycles. The monoisotopic (exact) mass is 165 g/mol. The molecule has 11 heavy (non-hydrogen) atoms. The average molecular weight is 165 g/mol. The molecule has 0 saturated heterocycles. The summed E-state index contributed by atoms with van der Waals surface area (Å²) in [4.78, 5) is 1.38. The van der Waals surface area contributed by atoms with Crippen molar-refractivity contribution >= 4 is 11.8 Å². The minimum atomic E-state index is 0.892. The van der Waals surface area contributed by atoms with E-state index in [2.05, 4.69) is 38.1 Å². The van der Waals surface area contributed by atoms with Crippen LogP contribution in [0.4, 0.5) is 0 Å². The highest BCUT2D eigenvalue weighted by molar-refractivity contribution is 7.99. The molecule has 1 rings (SSSR count). The van der Waals surface area contributed by atoms with Crippen molar-refractivity contribution in [3.8, 4) is 0 Å².